The first-order valence-electron chi connectivity index (χ1n) is 37.8. The highest BCUT2D eigenvalue weighted by Gasteiger charge is 2.43. The number of ether oxygens (including phenoxy) is 8. The smallest absolute Gasteiger partial charge is 0.416 e. The van der Waals surface area contributed by atoms with Gasteiger partial charge >= 0.3 is 66.3 Å². The van der Waals surface area contributed by atoms with Crippen LogP contribution in [0.4, 0.5) is 44.7 Å². The minimum absolute atomic E-state index is 0. The fourth-order valence-corrected chi connectivity index (χ4v) is 9.82. The van der Waals surface area contributed by atoms with E-state index >= 15 is 4.39 Å². The van der Waals surface area contributed by atoms with E-state index in [4.69, 9.17) is 40.6 Å². The van der Waals surface area contributed by atoms with E-state index in [0.717, 1.165) is 68.8 Å². The largest absolute Gasteiger partial charge is 0.478 e. The summed E-state index contributed by atoms with van der Waals surface area (Å²) in [6.07, 6.45) is -12.5. The zero-order valence-corrected chi connectivity index (χ0v) is 70.9. The Bertz CT molecular complexity index is 3790. The molecule has 655 valence electrons. The summed E-state index contributed by atoms with van der Waals surface area (Å²) in [5.41, 5.74) is -5.78. The number of nitrogens with zero attached hydrogens (tertiary/aromatic N) is 3. The van der Waals surface area contributed by atoms with Gasteiger partial charge in [0, 0.05) is 48.2 Å². The minimum Gasteiger partial charge on any atom is -0.478 e. The van der Waals surface area contributed by atoms with E-state index in [0.29, 0.717) is 17.9 Å². The normalized spacial score (nSPS) is 13.5. The number of halogens is 8. The van der Waals surface area contributed by atoms with Gasteiger partial charge in [-0.05, 0) is 161 Å². The van der Waals surface area contributed by atoms with Gasteiger partial charge in [0.05, 0.1) is 19.5 Å². The van der Waals surface area contributed by atoms with E-state index in [9.17, 15) is 88.3 Å². The molecule has 4 aromatic carbocycles. The summed E-state index contributed by atoms with van der Waals surface area (Å²) >= 11 is 0. The number of esters is 6. The summed E-state index contributed by atoms with van der Waals surface area (Å²) in [4.78, 5) is 131. The fourth-order valence-electron chi connectivity index (χ4n) is 9.82. The predicted molar refractivity (Wildman–Crippen MR) is 427 cm³/mol. The van der Waals surface area contributed by atoms with Gasteiger partial charge in [0.15, 0.2) is 18.3 Å². The first kappa shape index (κ1) is 107. The number of hydrogen-bond acceptors (Lipinski definition) is 20. The third kappa shape index (κ3) is 45.6. The van der Waals surface area contributed by atoms with E-state index in [2.05, 4.69) is 11.7 Å². The van der Waals surface area contributed by atoms with Crippen molar-refractivity contribution < 1.29 is 133 Å². The monoisotopic (exact) mass is 1690 g/mol. The third-order valence-corrected chi connectivity index (χ3v) is 15.8. The number of aliphatic carboxylic acids is 1. The number of likely N-dealkylation sites (N-methyl/N-ethyl adjacent to an activating group) is 4. The summed E-state index contributed by atoms with van der Waals surface area (Å²) in [5.74, 6) is -7.53. The van der Waals surface area contributed by atoms with Crippen molar-refractivity contribution in [3.05, 3.63) is 143 Å². The van der Waals surface area contributed by atoms with E-state index in [1.807, 2.05) is 44.2 Å². The SMILES string of the molecule is C.CC(C)C[C@@H](C(=O)O[C@H](C)C(=O)OCc1ccccc1)N(C)C(=O)[C@@H](Cc1ccc(C(F)(F)F)cc1)OC(=O)[C@H](CC(C)(C)F)N(C)C(=O)OC(C)(C)C.CN(C(=O)OC(C)(C)C)[C@@H](CC(C)(C)F)C(=O)O[C@H](Cc1ccc(C(F)(F)F)cc1)C(=O)O.CN[C@@H](CC(C)C)C(=O)O[C@H](C)C(=O)OCc1ccccc1.C[B]P=O.[2H]C.[2H]C#C. The summed E-state index contributed by atoms with van der Waals surface area (Å²) in [6.45, 7) is 28.0. The van der Waals surface area contributed by atoms with Crippen LogP contribution < -0.4 is 5.32 Å². The Hall–Kier alpha value is -9.70. The first-order chi connectivity index (χ1) is 54.3. The van der Waals surface area contributed by atoms with Crippen LogP contribution in [0.1, 0.15) is 187 Å². The maximum absolute atomic E-state index is 15.0. The Morgan fingerprint density at radius 2 is 0.812 bits per heavy atom. The molecule has 0 saturated carbocycles. The number of terminal acetylenes is 1. The number of rotatable bonds is 33. The number of amides is 3. The molecule has 0 saturated heterocycles. The molecule has 2 N–H and O–H groups in total. The van der Waals surface area contributed by atoms with Gasteiger partial charge in [0.1, 0.15) is 61.3 Å². The molecule has 3 amide bonds. The number of nitrogens with one attached hydrogen (secondary N) is 1. The van der Waals surface area contributed by atoms with Gasteiger partial charge < -0.3 is 53.2 Å². The standard InChI is InChI=1S/C39H52F4N2O9.C22H29F4NO6.C17H25NO4.C2H2.CH3BOP.2CH4/c1-24(2)20-29(34(48)52-25(3)33(47)51-23-27-14-12-11-13-15-27)44(9)32(46)31(21-26-16-18-28(19-17-26)39(41,42)43)53-35(49)30(22-38(7,8)40)45(10)36(50)54-37(4,5)6;1-20(2,3)33-19(31)27(6)15(12-21(4,5)23)18(30)32-16(17(28)29)11-13-7-9-14(10-8-13)22(24,25)26;1-12(2)10-15(18-4)17(20)22-13(3)16(19)21-11-14-8-6-5-7-9-14;1-2;1-2-4-3;;/h11-19,24-25,29-31H,20-23H2,1-10H3;7-10,15-16H,11-12H2,1-6H3,(H,28,29);5-9,12-13,15,18H,10-11H2,1-4H3;1-2H;1H3;2*1H4/t25-,29+,30+,31-;15-,16+;13-,15+;;;;/m101..../s1/i;;;1D;;1D;. The van der Waals surface area contributed by atoms with Gasteiger partial charge in [0.2, 0.25) is 13.1 Å². The maximum Gasteiger partial charge on any atom is 0.416 e. The molecule has 117 heavy (non-hydrogen) atoms. The number of benzene rings is 4. The van der Waals surface area contributed by atoms with Crippen molar-refractivity contribution in [2.75, 3.05) is 28.2 Å². The van der Waals surface area contributed by atoms with Crippen molar-refractivity contribution in [2.45, 2.75) is 268 Å². The van der Waals surface area contributed by atoms with Crippen molar-refractivity contribution in [3.8, 4) is 12.8 Å². The second kappa shape index (κ2) is 52.2. The van der Waals surface area contributed by atoms with Gasteiger partial charge in [-0.2, -0.15) is 26.3 Å². The molecule has 0 aromatic heterocycles. The molecule has 0 spiro atoms. The van der Waals surface area contributed by atoms with E-state index in [-0.39, 0.29) is 52.4 Å². The van der Waals surface area contributed by atoms with E-state index < -0.39 is 180 Å². The topological polar surface area (TPSA) is 304 Å². The highest BCUT2D eigenvalue weighted by atomic mass is 31.1. The lowest BCUT2D eigenvalue weighted by atomic mass is 9.99. The van der Waals surface area contributed by atoms with Gasteiger partial charge in [-0.25, -0.2) is 47.1 Å². The van der Waals surface area contributed by atoms with E-state index in [1.165, 1.54) is 76.5 Å². The minimum atomic E-state index is -4.64. The van der Waals surface area contributed by atoms with Crippen LogP contribution in [0.25, 0.3) is 0 Å². The lowest BCUT2D eigenvalue weighted by Crippen LogP contribution is -2.52. The van der Waals surface area contributed by atoms with Crippen LogP contribution >= 0.6 is 8.34 Å². The Labute approximate surface area is 689 Å². The van der Waals surface area contributed by atoms with Crippen molar-refractivity contribution >= 4 is 75.2 Å². The summed E-state index contributed by atoms with van der Waals surface area (Å²) in [7, 11) is 6.71. The Kier molecular flexibility index (Phi) is 47.9. The molecular weight excluding hydrogens is 1570 g/mol. The van der Waals surface area contributed by atoms with Crippen LogP contribution in [0.2, 0.25) is 6.82 Å². The average Bonchev–Trinajstić information content (AvgIpc) is 0.805. The molecule has 8 atom stereocenters. The first-order valence-corrected chi connectivity index (χ1v) is 37.2. The molecule has 0 aliphatic carbocycles. The zero-order chi connectivity index (χ0) is 91.6. The molecule has 4 aromatic rings. The van der Waals surface area contributed by atoms with Crippen molar-refractivity contribution in [3.63, 3.8) is 0 Å². The zero-order valence-electron chi connectivity index (χ0n) is 72.0. The van der Waals surface area contributed by atoms with Gasteiger partial charge in [0.25, 0.3) is 5.91 Å². The molecule has 34 heteroatoms. The fraction of sp³-hybridized carbons (Fsp3) is 0.566. The van der Waals surface area contributed by atoms with Crippen molar-refractivity contribution in [2.24, 2.45) is 11.8 Å². The number of alkyl halides is 8. The van der Waals surface area contributed by atoms with Crippen LogP contribution in [-0.4, -0.2) is 186 Å². The molecule has 0 fully saturated rings. The number of carboxylic acid groups (broad SMARTS) is 1. The molecular formula is C83H119BF8N4O20P. The van der Waals surface area contributed by atoms with Crippen LogP contribution in [0, 0.1) is 24.7 Å². The van der Waals surface area contributed by atoms with Gasteiger partial charge in [-0.1, -0.05) is 134 Å². The second-order valence-electron chi connectivity index (χ2n) is 30.3. The molecule has 24 nitrogen and oxygen atoms in total. The second-order valence-corrected chi connectivity index (χ2v) is 31.0. The highest BCUT2D eigenvalue weighted by molar-refractivity contribution is 7.60. The van der Waals surface area contributed by atoms with E-state index in [1.54, 1.807) is 107 Å². The summed E-state index contributed by atoms with van der Waals surface area (Å²) < 4.78 is 170. The predicted octanol–water partition coefficient (Wildman–Crippen LogP) is 16.5. The number of carbonyl (C=O) groups excluding carboxylic acids is 9. The molecule has 0 aliphatic heterocycles. The molecule has 1 radical (unpaired) electrons. The molecule has 0 heterocycles. The van der Waals surface area contributed by atoms with Crippen LogP contribution in [0.15, 0.2) is 109 Å². The molecule has 0 unspecified atom stereocenters. The third-order valence-electron chi connectivity index (χ3n) is 15.6. The highest BCUT2D eigenvalue weighted by Crippen LogP contribution is 2.32. The Morgan fingerprint density at radius 3 is 1.10 bits per heavy atom. The lowest BCUT2D eigenvalue weighted by Gasteiger charge is -2.34. The van der Waals surface area contributed by atoms with Crippen molar-refractivity contribution in [1.82, 2.24) is 20.0 Å². The quantitative estimate of drug-likeness (QED) is 0.0112. The molecule has 4 rings (SSSR count). The Balaban J connectivity index is -0.00000175. The maximum atomic E-state index is 15.0. The van der Waals surface area contributed by atoms with Crippen LogP contribution in [-0.2, 0) is 119 Å². The van der Waals surface area contributed by atoms with Crippen LogP contribution in [0.5, 0.6) is 0 Å². The van der Waals surface area contributed by atoms with Gasteiger partial charge in [-0.15, -0.1) is 12.8 Å². The summed E-state index contributed by atoms with van der Waals surface area (Å²) in [6, 6.07) is 20.8. The average molecular weight is 1690 g/mol. The van der Waals surface area contributed by atoms with Gasteiger partial charge in [-0.3, -0.25) is 24.0 Å². The number of hydrogen-bond donors (Lipinski definition) is 2. The van der Waals surface area contributed by atoms with Crippen molar-refractivity contribution in [1.29, 1.82) is 0 Å². The Morgan fingerprint density at radius 1 is 0.496 bits per heavy atom. The summed E-state index contributed by atoms with van der Waals surface area (Å²) in [5, 5.41) is 12.4. The van der Waals surface area contributed by atoms with Crippen LogP contribution in [0.3, 0.4) is 0 Å². The molecule has 0 aliphatic rings. The molecule has 0 bridgehead atoms. The number of carbonyl (C=O) groups is 10. The number of carboxylic acids is 1. The lowest BCUT2D eigenvalue weighted by molar-refractivity contribution is -0.174.